The summed E-state index contributed by atoms with van der Waals surface area (Å²) >= 11 is 0. The largest absolute Gasteiger partial charge is 0.456 e. The van der Waals surface area contributed by atoms with Crippen molar-refractivity contribution in [2.24, 2.45) is 9.98 Å². The Balaban J connectivity index is 0.000000167. The molecule has 272 valence electrons. The normalized spacial score (nSPS) is 15.9. The number of allylic oxidation sites excluding steroid dienone is 5. The molecule has 0 aliphatic heterocycles. The van der Waals surface area contributed by atoms with E-state index in [1.54, 1.807) is 5.57 Å². The highest BCUT2D eigenvalue weighted by atomic mass is 16.3. The number of nitrogens with zero attached hydrogens (tertiary/aromatic N) is 2. The highest BCUT2D eigenvalue weighted by Crippen LogP contribution is 2.52. The summed E-state index contributed by atoms with van der Waals surface area (Å²) in [6, 6.07) is 38.1. The molecule has 3 nitrogen and oxygen atoms in total. The molecular formula is C51H52N2O. The first-order chi connectivity index (χ1) is 25.9. The zero-order chi connectivity index (χ0) is 38.2. The summed E-state index contributed by atoms with van der Waals surface area (Å²) in [6.45, 7) is 21.9. The predicted octanol–water partition coefficient (Wildman–Crippen LogP) is 13.9. The number of aliphatic imine (C=N–C) groups is 2. The van der Waals surface area contributed by atoms with E-state index in [-0.39, 0.29) is 10.8 Å². The number of para-hydroxylation sites is 1. The molecule has 6 aromatic rings. The van der Waals surface area contributed by atoms with Crippen LogP contribution in [0.2, 0.25) is 0 Å². The zero-order valence-corrected chi connectivity index (χ0v) is 33.2. The van der Waals surface area contributed by atoms with E-state index in [1.807, 2.05) is 74.5 Å². The molecule has 54 heavy (non-hydrogen) atoms. The summed E-state index contributed by atoms with van der Waals surface area (Å²) in [6.07, 6.45) is 7.99. The fourth-order valence-electron chi connectivity index (χ4n) is 8.70. The van der Waals surface area contributed by atoms with Crippen molar-refractivity contribution in [1.29, 1.82) is 0 Å². The fraction of sp³-hybridized carbons (Fsp3) is 0.255. The fourth-order valence-corrected chi connectivity index (χ4v) is 8.70. The van der Waals surface area contributed by atoms with Crippen molar-refractivity contribution in [1.82, 2.24) is 0 Å². The van der Waals surface area contributed by atoms with Gasteiger partial charge in [0.15, 0.2) is 5.84 Å². The van der Waals surface area contributed by atoms with Crippen LogP contribution in [-0.2, 0) is 17.3 Å². The minimum atomic E-state index is 0.0826. The maximum atomic E-state index is 6.00. The van der Waals surface area contributed by atoms with Crippen LogP contribution in [0.15, 0.2) is 159 Å². The summed E-state index contributed by atoms with van der Waals surface area (Å²) in [5.74, 6) is 0.658. The van der Waals surface area contributed by atoms with E-state index in [2.05, 4.69) is 114 Å². The monoisotopic (exact) mass is 708 g/mol. The summed E-state index contributed by atoms with van der Waals surface area (Å²) in [4.78, 5) is 9.41. The molecule has 0 saturated heterocycles. The Morgan fingerprint density at radius 3 is 2.17 bits per heavy atom. The second kappa shape index (κ2) is 14.7. The van der Waals surface area contributed by atoms with Gasteiger partial charge in [-0.2, -0.15) is 0 Å². The van der Waals surface area contributed by atoms with E-state index in [1.165, 1.54) is 39.0 Å². The van der Waals surface area contributed by atoms with Crippen LogP contribution in [0.5, 0.6) is 0 Å². The number of rotatable bonds is 6. The van der Waals surface area contributed by atoms with Crippen molar-refractivity contribution in [2.75, 3.05) is 0 Å². The van der Waals surface area contributed by atoms with Gasteiger partial charge in [0.05, 0.1) is 0 Å². The Bertz CT molecular complexity index is 2520. The van der Waals surface area contributed by atoms with Gasteiger partial charge in [-0.05, 0) is 90.3 Å². The van der Waals surface area contributed by atoms with E-state index in [4.69, 9.17) is 9.41 Å². The summed E-state index contributed by atoms with van der Waals surface area (Å²) < 4.78 is 6.00. The number of benzene rings is 5. The van der Waals surface area contributed by atoms with Crippen LogP contribution in [-0.4, -0.2) is 11.5 Å². The third kappa shape index (κ3) is 6.62. The molecule has 2 aliphatic carbocycles. The van der Waals surface area contributed by atoms with Gasteiger partial charge in [-0.25, -0.2) is 9.98 Å². The van der Waals surface area contributed by atoms with Crippen LogP contribution in [0.1, 0.15) is 102 Å². The van der Waals surface area contributed by atoms with Crippen LogP contribution < -0.4 is 0 Å². The van der Waals surface area contributed by atoms with Gasteiger partial charge >= 0.3 is 0 Å². The Morgan fingerprint density at radius 1 is 0.722 bits per heavy atom. The molecule has 8 rings (SSSR count). The maximum absolute atomic E-state index is 6.00. The molecule has 2 aliphatic rings. The molecule has 0 amide bonds. The number of hydrogen-bond donors (Lipinski definition) is 0. The van der Waals surface area contributed by atoms with Gasteiger partial charge in [0.25, 0.3) is 0 Å². The molecule has 1 aromatic heterocycles. The number of amidine groups is 1. The highest BCUT2D eigenvalue weighted by Gasteiger charge is 2.39. The van der Waals surface area contributed by atoms with Gasteiger partial charge in [0.1, 0.15) is 11.2 Å². The minimum Gasteiger partial charge on any atom is -0.456 e. The van der Waals surface area contributed by atoms with Crippen molar-refractivity contribution in [3.05, 3.63) is 178 Å². The van der Waals surface area contributed by atoms with Crippen LogP contribution in [0.4, 0.5) is 0 Å². The van der Waals surface area contributed by atoms with Gasteiger partial charge in [-0.3, -0.25) is 0 Å². The van der Waals surface area contributed by atoms with Crippen LogP contribution in [0, 0.1) is 0 Å². The minimum absolute atomic E-state index is 0.0826. The first-order valence-corrected chi connectivity index (χ1v) is 19.4. The number of hydrogen-bond acceptors (Lipinski definition) is 2. The third-order valence-electron chi connectivity index (χ3n) is 11.3. The van der Waals surface area contributed by atoms with E-state index >= 15 is 0 Å². The van der Waals surface area contributed by atoms with Gasteiger partial charge in [0.2, 0.25) is 0 Å². The highest BCUT2D eigenvalue weighted by molar-refractivity contribution is 6.21. The molecule has 0 fully saturated rings. The smallest absolute Gasteiger partial charge is 0.159 e. The Kier molecular flexibility index (Phi) is 10.0. The molecule has 5 aromatic carbocycles. The topological polar surface area (TPSA) is 37.9 Å². The van der Waals surface area contributed by atoms with Crippen molar-refractivity contribution in [3.8, 4) is 11.1 Å². The Morgan fingerprint density at radius 2 is 1.43 bits per heavy atom. The molecule has 3 heteroatoms. The number of furan rings is 1. The van der Waals surface area contributed by atoms with E-state index in [0.29, 0.717) is 5.84 Å². The van der Waals surface area contributed by atoms with Crippen molar-refractivity contribution < 1.29 is 4.42 Å². The second-order valence-corrected chi connectivity index (χ2v) is 15.7. The summed E-state index contributed by atoms with van der Waals surface area (Å²) in [5.41, 5.74) is 17.5. The lowest BCUT2D eigenvalue weighted by Gasteiger charge is -2.38. The molecular weight excluding hydrogens is 657 g/mol. The van der Waals surface area contributed by atoms with Crippen molar-refractivity contribution in [3.63, 3.8) is 0 Å². The Labute approximate surface area is 321 Å². The maximum Gasteiger partial charge on any atom is 0.159 e. The quantitative estimate of drug-likeness (QED) is 0.125. The summed E-state index contributed by atoms with van der Waals surface area (Å²) in [7, 11) is 0. The first-order valence-electron chi connectivity index (χ1n) is 19.4. The molecule has 0 saturated carbocycles. The Hall–Kier alpha value is -5.54. The zero-order valence-electron chi connectivity index (χ0n) is 33.2. The second-order valence-electron chi connectivity index (χ2n) is 15.7. The van der Waals surface area contributed by atoms with Crippen LogP contribution in [0.25, 0.3) is 33.1 Å². The average molecular weight is 709 g/mol. The molecule has 0 N–H and O–H groups in total. The van der Waals surface area contributed by atoms with Gasteiger partial charge in [-0.15, -0.1) is 0 Å². The molecule has 0 bridgehead atoms. The van der Waals surface area contributed by atoms with E-state index in [0.717, 1.165) is 63.7 Å². The van der Waals surface area contributed by atoms with Crippen molar-refractivity contribution in [2.45, 2.75) is 85.5 Å². The molecule has 0 unspecified atom stereocenters. The summed E-state index contributed by atoms with van der Waals surface area (Å²) in [5, 5.41) is 2.17. The van der Waals surface area contributed by atoms with Gasteiger partial charge < -0.3 is 4.42 Å². The first kappa shape index (κ1) is 36.8. The average Bonchev–Trinajstić information content (AvgIpc) is 3.65. The van der Waals surface area contributed by atoms with Crippen LogP contribution >= 0.6 is 0 Å². The lowest BCUT2D eigenvalue weighted by molar-refractivity contribution is 0.572. The molecule has 1 heterocycles. The number of fused-ring (bicyclic) bond motifs is 7. The standard InChI is InChI=1S/C27H32.C24H20N2O/c1-7-9-12-18-15-19-16-25-21(17-24(19)26(3,4)22(18)8-2)20-13-10-11-14-23(20)27(25,5)6;1-16(2)25-24(18-10-5-4-6-11-18)26-17(3)19-13-9-15-22-23(19)20-12-7-8-14-21(20)27-22/h9-14,16-17H,7-8,15H2,1-6H3;4-15H,1H2,2-3H3/b12-9-;. The lowest BCUT2D eigenvalue weighted by Crippen LogP contribution is -2.28. The third-order valence-corrected chi connectivity index (χ3v) is 11.3. The van der Waals surface area contributed by atoms with Crippen molar-refractivity contribution >= 4 is 33.5 Å². The molecule has 0 radical (unpaired) electrons. The SMILES string of the molecule is C=C(C)N=C(N=C(C)c1cccc2oc3ccccc3c12)c1ccccc1.CC/C=C\C1=C(CC)C(C)(C)c2cc3c(cc2C1)C(C)(C)c1ccccc1-3. The molecule has 0 spiro atoms. The lowest BCUT2D eigenvalue weighted by atomic mass is 9.66. The van der Waals surface area contributed by atoms with E-state index < -0.39 is 0 Å². The predicted molar refractivity (Wildman–Crippen MR) is 231 cm³/mol. The van der Waals surface area contributed by atoms with Gasteiger partial charge in [0, 0.05) is 44.1 Å². The van der Waals surface area contributed by atoms with Crippen LogP contribution in [0.3, 0.4) is 0 Å². The van der Waals surface area contributed by atoms with Gasteiger partial charge in [-0.1, -0.05) is 157 Å². The molecule has 0 atom stereocenters. The van der Waals surface area contributed by atoms with E-state index in [9.17, 15) is 0 Å².